The van der Waals surface area contributed by atoms with Crippen molar-refractivity contribution in [3.05, 3.63) is 64.2 Å². The lowest BCUT2D eigenvalue weighted by Crippen LogP contribution is -2.48. The van der Waals surface area contributed by atoms with Crippen molar-refractivity contribution in [3.8, 4) is 0 Å². The second-order valence-corrected chi connectivity index (χ2v) is 6.34. The average molecular weight is 418 g/mol. The van der Waals surface area contributed by atoms with Crippen molar-refractivity contribution < 1.29 is 27.3 Å². The van der Waals surface area contributed by atoms with Crippen molar-refractivity contribution in [3.63, 3.8) is 0 Å². The number of piperidine rings is 1. The van der Waals surface area contributed by atoms with E-state index in [-0.39, 0.29) is 22.7 Å². The Kier molecular flexibility index (Phi) is 3.59. The highest BCUT2D eigenvalue weighted by atomic mass is 35.5. The van der Waals surface area contributed by atoms with Gasteiger partial charge in [0.15, 0.2) is 0 Å². The maximum absolute atomic E-state index is 16.4. The molecule has 0 atom stereocenters. The molecule has 0 saturated carbocycles. The Morgan fingerprint density at radius 1 is 1.39 bits per heavy atom. The van der Waals surface area contributed by atoms with Gasteiger partial charge in [0.05, 0.1) is 10.7 Å². The molecule has 0 radical (unpaired) electrons. The molecule has 3 rings (SSSR count). The Hall–Kier alpha value is -2.05. The molecular weight excluding hydrogens is 384 g/mol. The third-order valence-electron chi connectivity index (χ3n) is 3.89. The monoisotopic (exact) mass is 417 g/mol. The number of carbonyl (C=O) groups is 1. The molecule has 0 spiro atoms. The first-order valence-electron chi connectivity index (χ1n) is 13.3. The Morgan fingerprint density at radius 3 is 2.75 bits per heavy atom. The first-order valence-corrected chi connectivity index (χ1v) is 8.65. The fourth-order valence-corrected chi connectivity index (χ4v) is 2.52. The second-order valence-electron chi connectivity index (χ2n) is 5.94. The van der Waals surface area contributed by atoms with Crippen LogP contribution < -0.4 is 5.32 Å². The lowest BCUT2D eigenvalue weighted by Gasteiger charge is -2.36. The molecule has 28 heavy (non-hydrogen) atoms. The van der Waals surface area contributed by atoms with E-state index in [4.69, 9.17) is 25.3 Å². The zero-order valence-corrected chi connectivity index (χ0v) is 15.6. The van der Waals surface area contributed by atoms with Crippen LogP contribution in [-0.4, -0.2) is 41.0 Å². The molecule has 150 valence electrons. The highest BCUT2D eigenvalue weighted by Crippen LogP contribution is 2.27. The number of alkyl halides is 1. The van der Waals surface area contributed by atoms with Crippen LogP contribution in [0.25, 0.3) is 0 Å². The van der Waals surface area contributed by atoms with Crippen molar-refractivity contribution in [2.24, 2.45) is 0 Å². The molecule has 0 unspecified atom stereocenters. The number of carbonyl (C=O) groups excluding carboxylic acids is 1. The minimum absolute atomic E-state index is 0.245. The van der Waals surface area contributed by atoms with Gasteiger partial charge in [-0.15, -0.1) is 0 Å². The lowest BCUT2D eigenvalue weighted by atomic mass is 9.92. The molecule has 4 nitrogen and oxygen atoms in total. The van der Waals surface area contributed by atoms with Crippen LogP contribution in [0.5, 0.6) is 0 Å². The summed E-state index contributed by atoms with van der Waals surface area (Å²) in [5, 5.41) is 1.87. The van der Waals surface area contributed by atoms with Crippen molar-refractivity contribution in [2.45, 2.75) is 38.3 Å². The van der Waals surface area contributed by atoms with Gasteiger partial charge >= 0.3 is 0 Å². The smallest absolute Gasteiger partial charge is 0.253 e. The predicted molar refractivity (Wildman–Crippen MR) is 106 cm³/mol. The average Bonchev–Trinajstić information content (AvgIpc) is 2.79. The maximum Gasteiger partial charge on any atom is 0.253 e. The van der Waals surface area contributed by atoms with E-state index >= 15 is 4.39 Å². The molecule has 7 heteroatoms. The normalized spacial score (nSPS) is 29.2. The quantitative estimate of drug-likeness (QED) is 0.767. The van der Waals surface area contributed by atoms with Crippen molar-refractivity contribution in [2.75, 3.05) is 19.5 Å². The zero-order chi connectivity index (χ0) is 29.1. The molecule has 0 aliphatic carbocycles. The molecule has 1 N–H and O–H groups in total. The SMILES string of the molecule is [2H]C([2H])(C)c1ccc(CNCC2(F)C([2H])([2H])C([2H])([2H])N(C(=O)c3ccc(F)c(Cl)c3)C([2H])([2H])C2([2H])[2H])nc1. The predicted octanol–water partition coefficient (Wildman–Crippen LogP) is 4.17. The number of rotatable bonds is 6. The number of aryl methyl sites for hydroxylation is 1. The topological polar surface area (TPSA) is 45.2 Å². The lowest BCUT2D eigenvalue weighted by molar-refractivity contribution is 0.0434. The summed E-state index contributed by atoms with van der Waals surface area (Å²) in [4.78, 5) is 16.8. The largest absolute Gasteiger partial charge is 0.338 e. The first-order chi connectivity index (χ1) is 17.1. The van der Waals surface area contributed by atoms with Gasteiger partial charge in [0.2, 0.25) is 0 Å². The summed E-state index contributed by atoms with van der Waals surface area (Å²) >= 11 is 5.66. The van der Waals surface area contributed by atoms with E-state index in [2.05, 4.69) is 10.3 Å². The third-order valence-corrected chi connectivity index (χ3v) is 4.18. The maximum atomic E-state index is 16.4. The number of nitrogens with zero attached hydrogens (tertiary/aromatic N) is 2. The van der Waals surface area contributed by atoms with Crippen LogP contribution >= 0.6 is 11.6 Å². The number of pyridine rings is 1. The van der Waals surface area contributed by atoms with E-state index in [0.29, 0.717) is 0 Å². The molecule has 1 aliphatic heterocycles. The number of benzene rings is 1. The Morgan fingerprint density at radius 2 is 2.14 bits per heavy atom. The van der Waals surface area contributed by atoms with Crippen LogP contribution in [0.4, 0.5) is 8.78 Å². The van der Waals surface area contributed by atoms with Crippen LogP contribution in [0.15, 0.2) is 36.5 Å². The van der Waals surface area contributed by atoms with Gasteiger partial charge in [-0.1, -0.05) is 24.6 Å². The van der Waals surface area contributed by atoms with Gasteiger partial charge in [0, 0.05) is 64.3 Å². The van der Waals surface area contributed by atoms with Crippen LogP contribution in [0.1, 0.15) is 55.0 Å². The second kappa shape index (κ2) is 8.97. The molecule has 1 aromatic heterocycles. The van der Waals surface area contributed by atoms with Crippen LogP contribution in [0.2, 0.25) is 5.02 Å². The molecular formula is C21H24ClF2N3O. The Labute approximate surface area is 183 Å². The standard InChI is InChI=1S/C21H24ClF2N3O/c1-2-15-3-5-17(26-12-15)13-25-14-21(24)7-9-27(10-8-21)20(28)16-4-6-19(23)18(22)11-16/h3-6,11-12,25H,2,7-10,13-14H2,1H3/i2D2,7D2,8D2,9D2,10D2. The van der Waals surface area contributed by atoms with Gasteiger partial charge in [0.1, 0.15) is 11.5 Å². The van der Waals surface area contributed by atoms with Crippen molar-refractivity contribution in [1.29, 1.82) is 0 Å². The molecule has 2 heterocycles. The number of nitrogens with one attached hydrogen (secondary N) is 1. The summed E-state index contributed by atoms with van der Waals surface area (Å²) in [6, 6.07) is 5.16. The molecule has 1 aromatic carbocycles. The number of aromatic nitrogens is 1. The number of hydrogen-bond acceptors (Lipinski definition) is 3. The Balaban J connectivity index is 1.96. The number of amides is 1. The molecule has 1 aliphatic rings. The zero-order valence-electron chi connectivity index (χ0n) is 24.8. The summed E-state index contributed by atoms with van der Waals surface area (Å²) in [7, 11) is 0. The summed E-state index contributed by atoms with van der Waals surface area (Å²) in [5.74, 6) is -2.50. The van der Waals surface area contributed by atoms with E-state index in [9.17, 15) is 9.18 Å². The third kappa shape index (κ3) is 5.06. The molecule has 0 bridgehead atoms. The minimum atomic E-state index is -3.86. The van der Waals surface area contributed by atoms with Gasteiger partial charge in [-0.05, 0) is 36.2 Å². The van der Waals surface area contributed by atoms with Crippen LogP contribution in [0.3, 0.4) is 0 Å². The molecule has 1 fully saturated rings. The van der Waals surface area contributed by atoms with Gasteiger partial charge in [0.25, 0.3) is 5.91 Å². The van der Waals surface area contributed by atoms with Gasteiger partial charge < -0.3 is 10.2 Å². The van der Waals surface area contributed by atoms with Crippen molar-refractivity contribution in [1.82, 2.24) is 15.2 Å². The molecule has 1 saturated heterocycles. The fraction of sp³-hybridized carbons (Fsp3) is 0.429. The van der Waals surface area contributed by atoms with Crippen molar-refractivity contribution >= 4 is 17.5 Å². The van der Waals surface area contributed by atoms with Crippen LogP contribution in [0, 0.1) is 5.82 Å². The van der Waals surface area contributed by atoms with Gasteiger partial charge in [-0.25, -0.2) is 8.78 Å². The highest BCUT2D eigenvalue weighted by Gasteiger charge is 2.35. The summed E-state index contributed by atoms with van der Waals surface area (Å²) in [5.41, 5.74) is -3.91. The first kappa shape index (κ1) is 11.2. The van der Waals surface area contributed by atoms with E-state index < -0.39 is 66.6 Å². The summed E-state index contributed by atoms with van der Waals surface area (Å²) in [6.45, 7) is -7.63. The minimum Gasteiger partial charge on any atom is -0.338 e. The summed E-state index contributed by atoms with van der Waals surface area (Å²) in [6.07, 6.45) is -8.05. The van der Waals surface area contributed by atoms with E-state index in [1.165, 1.54) is 25.3 Å². The van der Waals surface area contributed by atoms with Gasteiger partial charge in [-0.3, -0.25) is 9.78 Å². The number of hydrogen-bond donors (Lipinski definition) is 1. The van der Waals surface area contributed by atoms with Gasteiger partial charge in [-0.2, -0.15) is 0 Å². The number of likely N-dealkylation sites (tertiary alicyclic amines) is 1. The summed E-state index contributed by atoms with van der Waals surface area (Å²) < 4.78 is 112. The molecule has 2 aromatic rings. The van der Waals surface area contributed by atoms with E-state index in [1.807, 2.05) is 0 Å². The van der Waals surface area contributed by atoms with E-state index in [0.717, 1.165) is 18.2 Å². The molecule has 1 amide bonds. The fourth-order valence-electron chi connectivity index (χ4n) is 2.34. The Bertz CT molecular complexity index is 1200. The van der Waals surface area contributed by atoms with Crippen LogP contribution in [-0.2, 0) is 12.9 Å². The van der Waals surface area contributed by atoms with E-state index in [1.54, 1.807) is 0 Å². The highest BCUT2D eigenvalue weighted by molar-refractivity contribution is 6.31. The number of halogens is 3.